The lowest BCUT2D eigenvalue weighted by atomic mass is 9.90. The minimum atomic E-state index is 0.387. The first-order valence-electron chi connectivity index (χ1n) is 6.01. The second-order valence-electron chi connectivity index (χ2n) is 4.29. The SMILES string of the molecule is CCN=C(N)N1CCOC2CCCCC21. The van der Waals surface area contributed by atoms with E-state index in [9.17, 15) is 0 Å². The Balaban J connectivity index is 2.06. The summed E-state index contributed by atoms with van der Waals surface area (Å²) in [5.74, 6) is 0.706. The third-order valence-electron chi connectivity index (χ3n) is 3.35. The summed E-state index contributed by atoms with van der Waals surface area (Å²) in [7, 11) is 0. The van der Waals surface area contributed by atoms with Crippen LogP contribution in [0.5, 0.6) is 0 Å². The predicted octanol–water partition coefficient (Wildman–Crippen LogP) is 0.964. The van der Waals surface area contributed by atoms with Crippen LogP contribution in [0.1, 0.15) is 32.6 Å². The van der Waals surface area contributed by atoms with Crippen molar-refractivity contribution in [2.75, 3.05) is 19.7 Å². The number of rotatable bonds is 1. The van der Waals surface area contributed by atoms with Crippen LogP contribution in [0.25, 0.3) is 0 Å². The van der Waals surface area contributed by atoms with Gasteiger partial charge in [0.15, 0.2) is 5.96 Å². The average molecular weight is 211 g/mol. The Bertz CT molecular complexity index is 240. The number of aliphatic imine (C=N–C) groups is 1. The molecule has 2 fully saturated rings. The van der Waals surface area contributed by atoms with Gasteiger partial charge < -0.3 is 15.4 Å². The molecule has 2 rings (SSSR count). The molecule has 0 aromatic rings. The standard InChI is InChI=1S/C11H21N3O/c1-2-13-11(12)14-7-8-15-10-6-4-3-5-9(10)14/h9-10H,2-8H2,1H3,(H2,12,13). The van der Waals surface area contributed by atoms with Crippen LogP contribution < -0.4 is 5.73 Å². The fourth-order valence-corrected chi connectivity index (χ4v) is 2.63. The van der Waals surface area contributed by atoms with Crippen molar-refractivity contribution >= 4 is 5.96 Å². The molecule has 2 N–H and O–H groups in total. The van der Waals surface area contributed by atoms with E-state index in [1.165, 1.54) is 25.7 Å². The highest BCUT2D eigenvalue weighted by Crippen LogP contribution is 2.28. The molecule has 0 aromatic carbocycles. The summed E-state index contributed by atoms with van der Waals surface area (Å²) in [6, 6.07) is 0.475. The molecule has 1 saturated carbocycles. The lowest BCUT2D eigenvalue weighted by Crippen LogP contribution is -2.57. The van der Waals surface area contributed by atoms with Gasteiger partial charge in [0.1, 0.15) is 0 Å². The summed E-state index contributed by atoms with van der Waals surface area (Å²) in [5.41, 5.74) is 5.99. The monoisotopic (exact) mass is 211 g/mol. The number of ether oxygens (including phenoxy) is 1. The molecule has 0 aromatic heterocycles. The van der Waals surface area contributed by atoms with Gasteiger partial charge >= 0.3 is 0 Å². The molecule has 2 unspecified atom stereocenters. The summed E-state index contributed by atoms with van der Waals surface area (Å²) < 4.78 is 5.79. The van der Waals surface area contributed by atoms with Gasteiger partial charge in [-0.1, -0.05) is 12.8 Å². The molecule has 2 atom stereocenters. The van der Waals surface area contributed by atoms with Gasteiger partial charge in [-0.25, -0.2) is 0 Å². The molecule has 86 valence electrons. The minimum Gasteiger partial charge on any atom is -0.374 e. The van der Waals surface area contributed by atoms with Crippen LogP contribution in [0, 0.1) is 0 Å². The van der Waals surface area contributed by atoms with Gasteiger partial charge in [-0.2, -0.15) is 0 Å². The summed E-state index contributed by atoms with van der Waals surface area (Å²) >= 11 is 0. The quantitative estimate of drug-likeness (QED) is 0.519. The molecule has 2 aliphatic rings. The largest absolute Gasteiger partial charge is 0.374 e. The first-order valence-corrected chi connectivity index (χ1v) is 6.01. The van der Waals surface area contributed by atoms with E-state index in [1.54, 1.807) is 0 Å². The molecular weight excluding hydrogens is 190 g/mol. The highest BCUT2D eigenvalue weighted by Gasteiger charge is 2.34. The Morgan fingerprint density at radius 2 is 2.27 bits per heavy atom. The van der Waals surface area contributed by atoms with E-state index in [-0.39, 0.29) is 0 Å². The maximum atomic E-state index is 5.99. The lowest BCUT2D eigenvalue weighted by molar-refractivity contribution is -0.0641. The molecule has 4 nitrogen and oxygen atoms in total. The van der Waals surface area contributed by atoms with Crippen LogP contribution >= 0.6 is 0 Å². The zero-order valence-corrected chi connectivity index (χ0v) is 9.48. The van der Waals surface area contributed by atoms with Crippen LogP contribution in [0.15, 0.2) is 4.99 Å². The molecule has 0 amide bonds. The highest BCUT2D eigenvalue weighted by molar-refractivity contribution is 5.78. The number of hydrogen-bond acceptors (Lipinski definition) is 2. The molecule has 1 aliphatic carbocycles. The lowest BCUT2D eigenvalue weighted by Gasteiger charge is -2.44. The zero-order chi connectivity index (χ0) is 10.7. The highest BCUT2D eigenvalue weighted by atomic mass is 16.5. The van der Waals surface area contributed by atoms with Crippen molar-refractivity contribution in [1.82, 2.24) is 4.90 Å². The van der Waals surface area contributed by atoms with Gasteiger partial charge in [-0.05, 0) is 19.8 Å². The molecule has 0 bridgehead atoms. The molecule has 0 radical (unpaired) electrons. The second kappa shape index (κ2) is 4.84. The van der Waals surface area contributed by atoms with Gasteiger partial charge in [-0.3, -0.25) is 4.99 Å². The van der Waals surface area contributed by atoms with Crippen LogP contribution in [-0.4, -0.2) is 42.7 Å². The average Bonchev–Trinajstić information content (AvgIpc) is 2.28. The third kappa shape index (κ3) is 2.25. The summed E-state index contributed by atoms with van der Waals surface area (Å²) in [5, 5.41) is 0. The van der Waals surface area contributed by atoms with Crippen molar-refractivity contribution in [3.05, 3.63) is 0 Å². The molecule has 1 heterocycles. The third-order valence-corrected chi connectivity index (χ3v) is 3.35. The van der Waals surface area contributed by atoms with E-state index >= 15 is 0 Å². The molecule has 4 heteroatoms. The molecular formula is C11H21N3O. The van der Waals surface area contributed by atoms with Gasteiger partial charge in [0.2, 0.25) is 0 Å². The first kappa shape index (κ1) is 10.7. The van der Waals surface area contributed by atoms with Crippen LogP contribution in [0.3, 0.4) is 0 Å². The maximum absolute atomic E-state index is 5.99. The van der Waals surface area contributed by atoms with Gasteiger partial charge in [0.25, 0.3) is 0 Å². The smallest absolute Gasteiger partial charge is 0.191 e. The molecule has 0 spiro atoms. The number of morpholine rings is 1. The minimum absolute atomic E-state index is 0.387. The van der Waals surface area contributed by atoms with Gasteiger partial charge in [0.05, 0.1) is 18.8 Å². The van der Waals surface area contributed by atoms with Crippen molar-refractivity contribution in [2.45, 2.75) is 44.8 Å². The normalized spacial score (nSPS) is 32.6. The fourth-order valence-electron chi connectivity index (χ4n) is 2.63. The van der Waals surface area contributed by atoms with Crippen molar-refractivity contribution in [2.24, 2.45) is 10.7 Å². The van der Waals surface area contributed by atoms with Gasteiger partial charge in [0, 0.05) is 13.1 Å². The van der Waals surface area contributed by atoms with Gasteiger partial charge in [-0.15, -0.1) is 0 Å². The van der Waals surface area contributed by atoms with Crippen LogP contribution in [-0.2, 0) is 4.74 Å². The van der Waals surface area contributed by atoms with Crippen LogP contribution in [0.2, 0.25) is 0 Å². The van der Waals surface area contributed by atoms with E-state index in [4.69, 9.17) is 10.5 Å². The fraction of sp³-hybridized carbons (Fsp3) is 0.909. The Morgan fingerprint density at radius 1 is 1.47 bits per heavy atom. The predicted molar refractivity (Wildman–Crippen MR) is 60.9 cm³/mol. The number of fused-ring (bicyclic) bond motifs is 1. The summed E-state index contributed by atoms with van der Waals surface area (Å²) in [6.07, 6.45) is 5.35. The Morgan fingerprint density at radius 3 is 3.07 bits per heavy atom. The van der Waals surface area contributed by atoms with Crippen molar-refractivity contribution in [1.29, 1.82) is 0 Å². The Hall–Kier alpha value is -0.770. The van der Waals surface area contributed by atoms with E-state index in [1.807, 2.05) is 6.92 Å². The first-order chi connectivity index (χ1) is 7.33. The topological polar surface area (TPSA) is 50.8 Å². The molecule has 1 aliphatic heterocycles. The number of hydrogen-bond donors (Lipinski definition) is 1. The maximum Gasteiger partial charge on any atom is 0.191 e. The molecule has 1 saturated heterocycles. The van der Waals surface area contributed by atoms with Crippen molar-refractivity contribution in [3.63, 3.8) is 0 Å². The molecule has 15 heavy (non-hydrogen) atoms. The summed E-state index contributed by atoms with van der Waals surface area (Å²) in [4.78, 5) is 6.55. The zero-order valence-electron chi connectivity index (χ0n) is 9.48. The summed E-state index contributed by atoms with van der Waals surface area (Å²) in [6.45, 7) is 4.48. The Kier molecular flexibility index (Phi) is 3.46. The second-order valence-corrected chi connectivity index (χ2v) is 4.29. The van der Waals surface area contributed by atoms with E-state index in [2.05, 4.69) is 9.89 Å². The Labute approximate surface area is 91.5 Å². The number of nitrogens with zero attached hydrogens (tertiary/aromatic N) is 2. The number of guanidine groups is 1. The van der Waals surface area contributed by atoms with E-state index in [0.29, 0.717) is 18.1 Å². The van der Waals surface area contributed by atoms with E-state index < -0.39 is 0 Å². The van der Waals surface area contributed by atoms with Crippen molar-refractivity contribution < 1.29 is 4.74 Å². The number of nitrogens with two attached hydrogens (primary N) is 1. The van der Waals surface area contributed by atoms with E-state index in [0.717, 1.165) is 19.7 Å². The van der Waals surface area contributed by atoms with Crippen LogP contribution in [0.4, 0.5) is 0 Å². The van der Waals surface area contributed by atoms with Crippen molar-refractivity contribution in [3.8, 4) is 0 Å².